The smallest absolute Gasteiger partial charge is 0.323 e. The van der Waals surface area contributed by atoms with Crippen molar-refractivity contribution in [1.82, 2.24) is 14.5 Å². The summed E-state index contributed by atoms with van der Waals surface area (Å²) < 4.78 is 1.58. The van der Waals surface area contributed by atoms with Crippen LogP contribution in [0, 0.1) is 0 Å². The van der Waals surface area contributed by atoms with Crippen LogP contribution in [0.15, 0.2) is 37.1 Å². The van der Waals surface area contributed by atoms with Crippen molar-refractivity contribution in [3.8, 4) is 11.3 Å². The standard InChI is InChI=1S/C10H9N3O2/c14-10(15)6-13-7-12-5-9(13)8-1-3-11-4-2-8/h1-5,7H,6H2,(H,14,15). The highest BCUT2D eigenvalue weighted by atomic mass is 16.4. The zero-order valence-corrected chi connectivity index (χ0v) is 7.87. The molecule has 0 bridgehead atoms. The average molecular weight is 203 g/mol. The minimum Gasteiger partial charge on any atom is -0.480 e. The molecule has 0 aliphatic carbocycles. The molecule has 0 aliphatic heterocycles. The van der Waals surface area contributed by atoms with Gasteiger partial charge in [-0.1, -0.05) is 0 Å². The Morgan fingerprint density at radius 3 is 2.73 bits per heavy atom. The Morgan fingerprint density at radius 2 is 2.07 bits per heavy atom. The number of hydrogen-bond acceptors (Lipinski definition) is 3. The van der Waals surface area contributed by atoms with Gasteiger partial charge in [0.15, 0.2) is 0 Å². The van der Waals surface area contributed by atoms with E-state index in [9.17, 15) is 4.79 Å². The molecular weight excluding hydrogens is 194 g/mol. The largest absolute Gasteiger partial charge is 0.480 e. The van der Waals surface area contributed by atoms with Gasteiger partial charge in [-0.3, -0.25) is 9.78 Å². The molecule has 1 N–H and O–H groups in total. The maximum Gasteiger partial charge on any atom is 0.323 e. The van der Waals surface area contributed by atoms with E-state index >= 15 is 0 Å². The van der Waals surface area contributed by atoms with Gasteiger partial charge in [-0.15, -0.1) is 0 Å². The third kappa shape index (κ3) is 2.01. The molecule has 5 heteroatoms. The number of hydrogen-bond donors (Lipinski definition) is 1. The minimum atomic E-state index is -0.886. The fraction of sp³-hybridized carbons (Fsp3) is 0.100. The van der Waals surface area contributed by atoms with E-state index in [1.54, 1.807) is 23.2 Å². The monoisotopic (exact) mass is 203 g/mol. The molecule has 0 atom stereocenters. The molecule has 15 heavy (non-hydrogen) atoms. The van der Waals surface area contributed by atoms with E-state index in [-0.39, 0.29) is 6.54 Å². The molecule has 0 saturated heterocycles. The van der Waals surface area contributed by atoms with E-state index in [4.69, 9.17) is 5.11 Å². The Labute approximate surface area is 86.0 Å². The highest BCUT2D eigenvalue weighted by molar-refractivity contribution is 5.68. The summed E-state index contributed by atoms with van der Waals surface area (Å²) in [7, 11) is 0. The lowest BCUT2D eigenvalue weighted by Crippen LogP contribution is -2.08. The van der Waals surface area contributed by atoms with Crippen LogP contribution in [-0.2, 0) is 11.3 Å². The van der Waals surface area contributed by atoms with Crippen LogP contribution in [0.5, 0.6) is 0 Å². The first kappa shape index (κ1) is 9.39. The third-order valence-electron chi connectivity index (χ3n) is 1.99. The number of carboxylic acids is 1. The van der Waals surface area contributed by atoms with Gasteiger partial charge in [-0.05, 0) is 12.1 Å². The van der Waals surface area contributed by atoms with Gasteiger partial charge in [-0.2, -0.15) is 0 Å². The molecule has 0 unspecified atom stereocenters. The molecule has 0 spiro atoms. The second-order valence-corrected chi connectivity index (χ2v) is 3.04. The third-order valence-corrected chi connectivity index (χ3v) is 1.99. The van der Waals surface area contributed by atoms with Gasteiger partial charge in [0.05, 0.1) is 18.2 Å². The summed E-state index contributed by atoms with van der Waals surface area (Å²) in [4.78, 5) is 18.4. The van der Waals surface area contributed by atoms with E-state index in [0.29, 0.717) is 0 Å². The molecule has 5 nitrogen and oxygen atoms in total. The van der Waals surface area contributed by atoms with Crippen molar-refractivity contribution in [2.24, 2.45) is 0 Å². The zero-order valence-electron chi connectivity index (χ0n) is 7.87. The maximum absolute atomic E-state index is 10.6. The van der Waals surface area contributed by atoms with Crippen molar-refractivity contribution in [2.45, 2.75) is 6.54 Å². The van der Waals surface area contributed by atoms with Gasteiger partial charge in [-0.25, -0.2) is 4.98 Å². The first-order valence-electron chi connectivity index (χ1n) is 4.39. The van der Waals surface area contributed by atoms with Crippen LogP contribution in [0.2, 0.25) is 0 Å². The molecule has 0 radical (unpaired) electrons. The second-order valence-electron chi connectivity index (χ2n) is 3.04. The Morgan fingerprint density at radius 1 is 1.33 bits per heavy atom. The van der Waals surface area contributed by atoms with Crippen molar-refractivity contribution in [3.05, 3.63) is 37.1 Å². The Bertz CT molecular complexity index is 465. The van der Waals surface area contributed by atoms with Crippen LogP contribution in [0.4, 0.5) is 0 Å². The Balaban J connectivity index is 2.37. The highest BCUT2D eigenvalue weighted by Gasteiger charge is 2.07. The summed E-state index contributed by atoms with van der Waals surface area (Å²) >= 11 is 0. The van der Waals surface area contributed by atoms with Gasteiger partial charge in [0.2, 0.25) is 0 Å². The molecule has 2 heterocycles. The van der Waals surface area contributed by atoms with Gasteiger partial charge in [0.25, 0.3) is 0 Å². The summed E-state index contributed by atoms with van der Waals surface area (Å²) in [5, 5.41) is 8.70. The molecule has 2 aromatic rings. The number of carboxylic acid groups (broad SMARTS) is 1. The van der Waals surface area contributed by atoms with E-state index in [2.05, 4.69) is 9.97 Å². The molecule has 2 aromatic heterocycles. The summed E-state index contributed by atoms with van der Waals surface area (Å²) in [5.74, 6) is -0.886. The highest BCUT2D eigenvalue weighted by Crippen LogP contribution is 2.17. The summed E-state index contributed by atoms with van der Waals surface area (Å²) in [6.07, 6.45) is 6.46. The van der Waals surface area contributed by atoms with Crippen molar-refractivity contribution in [3.63, 3.8) is 0 Å². The van der Waals surface area contributed by atoms with Gasteiger partial charge < -0.3 is 9.67 Å². The molecule has 2 rings (SSSR count). The van der Waals surface area contributed by atoms with Crippen LogP contribution in [-0.4, -0.2) is 25.6 Å². The predicted molar refractivity (Wildman–Crippen MR) is 53.1 cm³/mol. The van der Waals surface area contributed by atoms with Crippen LogP contribution < -0.4 is 0 Å². The molecule has 0 amide bonds. The summed E-state index contributed by atoms with van der Waals surface area (Å²) in [6.45, 7) is -0.0857. The van der Waals surface area contributed by atoms with Crippen LogP contribution in [0.1, 0.15) is 0 Å². The summed E-state index contributed by atoms with van der Waals surface area (Å²) in [6, 6.07) is 3.63. The van der Waals surface area contributed by atoms with E-state index in [1.807, 2.05) is 12.1 Å². The number of pyridine rings is 1. The maximum atomic E-state index is 10.6. The first-order valence-corrected chi connectivity index (χ1v) is 4.39. The van der Waals surface area contributed by atoms with E-state index < -0.39 is 5.97 Å². The van der Waals surface area contributed by atoms with Gasteiger partial charge in [0, 0.05) is 18.0 Å². The number of imidazole rings is 1. The molecule has 0 aromatic carbocycles. The molecule has 0 saturated carbocycles. The molecule has 76 valence electrons. The first-order chi connectivity index (χ1) is 7.27. The number of carbonyl (C=O) groups is 1. The number of aliphatic carboxylic acids is 1. The van der Waals surface area contributed by atoms with Crippen LogP contribution >= 0.6 is 0 Å². The predicted octanol–water partition coefficient (Wildman–Crippen LogP) is 1.03. The lowest BCUT2D eigenvalue weighted by Gasteiger charge is -2.04. The number of nitrogens with zero attached hydrogens (tertiary/aromatic N) is 3. The fourth-order valence-corrected chi connectivity index (χ4v) is 1.36. The molecular formula is C10H9N3O2. The van der Waals surface area contributed by atoms with Crippen LogP contribution in [0.3, 0.4) is 0 Å². The van der Waals surface area contributed by atoms with E-state index in [0.717, 1.165) is 11.3 Å². The van der Waals surface area contributed by atoms with Crippen molar-refractivity contribution >= 4 is 5.97 Å². The lowest BCUT2D eigenvalue weighted by molar-refractivity contribution is -0.137. The number of rotatable bonds is 3. The Kier molecular flexibility index (Phi) is 2.45. The minimum absolute atomic E-state index is 0.0857. The lowest BCUT2D eigenvalue weighted by atomic mass is 10.2. The van der Waals surface area contributed by atoms with Crippen molar-refractivity contribution in [1.29, 1.82) is 0 Å². The SMILES string of the molecule is O=C(O)Cn1cncc1-c1ccncc1. The van der Waals surface area contributed by atoms with Crippen molar-refractivity contribution < 1.29 is 9.90 Å². The quantitative estimate of drug-likeness (QED) is 0.808. The Hall–Kier alpha value is -2.17. The topological polar surface area (TPSA) is 68.0 Å². The van der Waals surface area contributed by atoms with Gasteiger partial charge in [0.1, 0.15) is 6.54 Å². The normalized spacial score (nSPS) is 10.1. The van der Waals surface area contributed by atoms with Crippen LogP contribution in [0.25, 0.3) is 11.3 Å². The second kappa shape index (κ2) is 3.91. The average Bonchev–Trinajstić information content (AvgIpc) is 2.66. The van der Waals surface area contributed by atoms with Gasteiger partial charge >= 0.3 is 5.97 Å². The van der Waals surface area contributed by atoms with Crippen molar-refractivity contribution in [2.75, 3.05) is 0 Å². The summed E-state index contributed by atoms with van der Waals surface area (Å²) in [5.41, 5.74) is 1.68. The van der Waals surface area contributed by atoms with E-state index in [1.165, 1.54) is 6.33 Å². The number of aromatic nitrogens is 3. The fourth-order valence-electron chi connectivity index (χ4n) is 1.36. The molecule has 0 aliphatic rings. The molecule has 0 fully saturated rings. The zero-order chi connectivity index (χ0) is 10.7.